The van der Waals surface area contributed by atoms with Crippen LogP contribution in [0, 0.1) is 22.9 Å². The molecule has 0 spiro atoms. The van der Waals surface area contributed by atoms with Gasteiger partial charge in [0.25, 0.3) is 0 Å². The van der Waals surface area contributed by atoms with Gasteiger partial charge in [-0.3, -0.25) is 9.59 Å². The summed E-state index contributed by atoms with van der Waals surface area (Å²) in [5.41, 5.74) is 7.95. The highest BCUT2D eigenvalue weighted by Crippen LogP contribution is 2.31. The Kier molecular flexibility index (Phi) is 6.97. The Morgan fingerprint density at radius 1 is 0.667 bits per heavy atom. The molecule has 0 aliphatic heterocycles. The van der Waals surface area contributed by atoms with Gasteiger partial charge < -0.3 is 9.47 Å². The number of benzene rings is 2. The quantitative estimate of drug-likeness (QED) is 0.283. The van der Waals surface area contributed by atoms with Crippen molar-refractivity contribution < 1.29 is 19.1 Å². The molecule has 0 aliphatic carbocycles. The average Bonchev–Trinajstić information content (AvgIpc) is 2.55. The normalized spacial score (nSPS) is 11.1. The van der Waals surface area contributed by atoms with Gasteiger partial charge in [0.05, 0.1) is 11.1 Å². The van der Waals surface area contributed by atoms with Crippen molar-refractivity contribution in [1.29, 1.82) is 0 Å². The summed E-state index contributed by atoms with van der Waals surface area (Å²) in [6, 6.07) is 7.32. The van der Waals surface area contributed by atoms with Crippen molar-refractivity contribution in [3.8, 4) is 34.4 Å². The molecule has 0 aliphatic rings. The maximum absolute atomic E-state index is 11.6. The second kappa shape index (κ2) is 8.91. The highest BCUT2D eigenvalue weighted by molar-refractivity contribution is 6.84. The lowest BCUT2D eigenvalue weighted by atomic mass is 10.0. The van der Waals surface area contributed by atoms with Crippen molar-refractivity contribution in [3.05, 3.63) is 35.4 Å². The van der Waals surface area contributed by atoms with Gasteiger partial charge in [0.2, 0.25) is 0 Å². The zero-order chi connectivity index (χ0) is 22.7. The molecule has 0 fully saturated rings. The summed E-state index contributed by atoms with van der Waals surface area (Å²) in [6.07, 6.45) is 0. The number of rotatable bonds is 2. The second-order valence-corrected chi connectivity index (χ2v) is 18.7. The van der Waals surface area contributed by atoms with Crippen molar-refractivity contribution in [3.63, 3.8) is 0 Å². The van der Waals surface area contributed by atoms with E-state index >= 15 is 0 Å². The third-order valence-corrected chi connectivity index (χ3v) is 5.44. The number of ether oxygens (including phenoxy) is 2. The highest BCUT2D eigenvalue weighted by atomic mass is 28.3. The van der Waals surface area contributed by atoms with E-state index in [2.05, 4.69) is 62.2 Å². The fraction of sp³-hybridized carbons (Fsp3) is 0.333. The predicted octanol–water partition coefficient (Wildman–Crippen LogP) is 5.15. The van der Waals surface area contributed by atoms with Gasteiger partial charge >= 0.3 is 11.9 Å². The van der Waals surface area contributed by atoms with Gasteiger partial charge in [-0.25, -0.2) is 0 Å². The lowest BCUT2D eigenvalue weighted by molar-refractivity contribution is -0.132. The Bertz CT molecular complexity index is 1040. The molecule has 0 saturated heterocycles. The van der Waals surface area contributed by atoms with E-state index in [1.54, 1.807) is 12.1 Å². The van der Waals surface area contributed by atoms with Crippen LogP contribution in [0.1, 0.15) is 25.0 Å². The largest absolute Gasteiger partial charge is 0.425 e. The molecule has 0 atom stereocenters. The van der Waals surface area contributed by atoms with E-state index in [9.17, 15) is 9.59 Å². The summed E-state index contributed by atoms with van der Waals surface area (Å²) in [5.74, 6) is 6.36. The number of hydrogen-bond donors (Lipinski definition) is 0. The molecule has 30 heavy (non-hydrogen) atoms. The molecule has 0 heterocycles. The Labute approximate surface area is 181 Å². The minimum absolute atomic E-state index is 0.399. The van der Waals surface area contributed by atoms with Gasteiger partial charge in [-0.1, -0.05) is 51.1 Å². The molecule has 0 saturated carbocycles. The lowest BCUT2D eigenvalue weighted by Crippen LogP contribution is -2.16. The average molecular weight is 437 g/mol. The zero-order valence-electron chi connectivity index (χ0n) is 18.9. The maximum atomic E-state index is 11.6. The summed E-state index contributed by atoms with van der Waals surface area (Å²) in [6.45, 7) is 15.6. The fourth-order valence-corrected chi connectivity index (χ4v) is 3.51. The van der Waals surface area contributed by atoms with E-state index < -0.39 is 28.1 Å². The number of fused-ring (bicyclic) bond motifs is 1. The van der Waals surface area contributed by atoms with E-state index in [-0.39, 0.29) is 0 Å². The first-order valence-electron chi connectivity index (χ1n) is 9.78. The Balaban J connectivity index is 2.76. The lowest BCUT2D eigenvalue weighted by Gasteiger charge is -2.11. The van der Waals surface area contributed by atoms with Crippen LogP contribution in [-0.4, -0.2) is 28.1 Å². The van der Waals surface area contributed by atoms with Crippen LogP contribution in [0.15, 0.2) is 24.3 Å². The molecule has 156 valence electrons. The Morgan fingerprint density at radius 2 is 1.00 bits per heavy atom. The first-order chi connectivity index (χ1) is 13.7. The van der Waals surface area contributed by atoms with Crippen molar-refractivity contribution >= 4 is 38.9 Å². The van der Waals surface area contributed by atoms with Crippen molar-refractivity contribution in [2.75, 3.05) is 0 Å². The molecule has 0 aromatic heterocycles. The topological polar surface area (TPSA) is 52.6 Å². The minimum atomic E-state index is -1.62. The number of esters is 2. The van der Waals surface area contributed by atoms with Gasteiger partial charge in [-0.05, 0) is 35.0 Å². The molecule has 6 heteroatoms. The van der Waals surface area contributed by atoms with Gasteiger partial charge in [0, 0.05) is 13.8 Å². The van der Waals surface area contributed by atoms with Gasteiger partial charge in [-0.2, -0.15) is 0 Å². The molecule has 4 nitrogen and oxygen atoms in total. The fourth-order valence-electron chi connectivity index (χ4n) is 2.49. The number of carbonyl (C=O) groups excluding carboxylic acids is 2. The SMILES string of the molecule is CC(=O)Oc1cc2cc(OC(C)=O)c(C#C[Si](C)(C)C)cc2cc1C#C[Si](C)(C)C. The van der Waals surface area contributed by atoms with Crippen LogP contribution in [0.5, 0.6) is 11.5 Å². The van der Waals surface area contributed by atoms with Gasteiger partial charge in [-0.15, -0.1) is 11.1 Å². The number of carbonyl (C=O) groups is 2. The summed E-state index contributed by atoms with van der Waals surface area (Å²) in [4.78, 5) is 23.2. The summed E-state index contributed by atoms with van der Waals surface area (Å²) >= 11 is 0. The smallest absolute Gasteiger partial charge is 0.308 e. The molecule has 0 N–H and O–H groups in total. The maximum Gasteiger partial charge on any atom is 0.308 e. The molecule has 0 unspecified atom stereocenters. The predicted molar refractivity (Wildman–Crippen MR) is 127 cm³/mol. The molecule has 2 aromatic carbocycles. The Morgan fingerprint density at radius 3 is 1.30 bits per heavy atom. The van der Waals surface area contributed by atoms with Crippen LogP contribution < -0.4 is 9.47 Å². The van der Waals surface area contributed by atoms with Crippen molar-refractivity contribution in [1.82, 2.24) is 0 Å². The first kappa shape index (κ1) is 23.5. The summed E-state index contributed by atoms with van der Waals surface area (Å²) in [7, 11) is -3.24. The molecular weight excluding hydrogens is 408 g/mol. The summed E-state index contributed by atoms with van der Waals surface area (Å²) < 4.78 is 10.8. The van der Waals surface area contributed by atoms with Crippen LogP contribution in [0.3, 0.4) is 0 Å². The number of hydrogen-bond acceptors (Lipinski definition) is 4. The van der Waals surface area contributed by atoms with E-state index in [0.717, 1.165) is 10.8 Å². The monoisotopic (exact) mass is 436 g/mol. The Hall–Kier alpha value is -2.81. The van der Waals surface area contributed by atoms with Crippen LogP contribution >= 0.6 is 0 Å². The minimum Gasteiger partial charge on any atom is -0.425 e. The van der Waals surface area contributed by atoms with Crippen molar-refractivity contribution in [2.45, 2.75) is 53.1 Å². The van der Waals surface area contributed by atoms with Crippen LogP contribution in [0.2, 0.25) is 39.3 Å². The van der Waals surface area contributed by atoms with Crippen molar-refractivity contribution in [2.24, 2.45) is 0 Å². The summed E-state index contributed by atoms with van der Waals surface area (Å²) in [5, 5.41) is 1.67. The molecule has 2 rings (SSSR count). The third kappa shape index (κ3) is 7.22. The van der Waals surface area contributed by atoms with E-state index in [4.69, 9.17) is 9.47 Å². The van der Waals surface area contributed by atoms with Crippen LogP contribution in [0.25, 0.3) is 10.8 Å². The molecule has 0 radical (unpaired) electrons. The molecular formula is C24H28O4Si2. The first-order valence-corrected chi connectivity index (χ1v) is 16.8. The zero-order valence-corrected chi connectivity index (χ0v) is 20.9. The second-order valence-electron chi connectivity index (χ2n) is 9.23. The van der Waals surface area contributed by atoms with E-state index in [1.807, 2.05) is 12.1 Å². The van der Waals surface area contributed by atoms with Gasteiger partial charge in [0.15, 0.2) is 0 Å². The highest BCUT2D eigenvalue weighted by Gasteiger charge is 2.14. The molecule has 2 aromatic rings. The van der Waals surface area contributed by atoms with Crippen LogP contribution in [-0.2, 0) is 9.59 Å². The van der Waals surface area contributed by atoms with E-state index in [0.29, 0.717) is 22.6 Å². The van der Waals surface area contributed by atoms with E-state index in [1.165, 1.54) is 13.8 Å². The molecule has 0 amide bonds. The van der Waals surface area contributed by atoms with Gasteiger partial charge in [0.1, 0.15) is 27.6 Å². The molecule has 0 bridgehead atoms. The van der Waals surface area contributed by atoms with Crippen LogP contribution in [0.4, 0.5) is 0 Å². The standard InChI is InChI=1S/C24H28O4Si2/c1-17(25)27-23-15-22-16-24(28-18(2)26)20(10-12-30(6,7)8)14-21(22)13-19(23)9-11-29(3,4)5/h13-16H,1-8H3. The third-order valence-electron chi connectivity index (χ3n) is 3.69.